The molecular weight excluding hydrogens is 382 g/mol. The number of amides is 2. The van der Waals surface area contributed by atoms with Crippen LogP contribution in [0.25, 0.3) is 0 Å². The van der Waals surface area contributed by atoms with Crippen LogP contribution in [0.3, 0.4) is 0 Å². The first kappa shape index (κ1) is 20.8. The summed E-state index contributed by atoms with van der Waals surface area (Å²) in [5.74, 6) is -0.850. The van der Waals surface area contributed by atoms with Gasteiger partial charge in [0.05, 0.1) is 19.4 Å². The number of carbonyl (C=O) groups excluding carboxylic acids is 3. The first-order valence-corrected chi connectivity index (χ1v) is 8.76. The number of furan rings is 1. The highest BCUT2D eigenvalue weighted by atomic mass is 32.1. The van der Waals surface area contributed by atoms with E-state index in [1.165, 1.54) is 6.26 Å². The van der Waals surface area contributed by atoms with Gasteiger partial charge < -0.3 is 19.8 Å². The number of benzene rings is 1. The zero-order valence-electron chi connectivity index (χ0n) is 15.1. The number of nitrogens with one attached hydrogen (secondary N) is 3. The van der Waals surface area contributed by atoms with Gasteiger partial charge in [0.25, 0.3) is 5.91 Å². The van der Waals surface area contributed by atoms with E-state index in [1.54, 1.807) is 43.3 Å². The molecule has 0 spiro atoms. The lowest BCUT2D eigenvalue weighted by atomic mass is 10.2. The van der Waals surface area contributed by atoms with Crippen LogP contribution in [0.2, 0.25) is 0 Å². The Kier molecular flexibility index (Phi) is 7.92. The summed E-state index contributed by atoms with van der Waals surface area (Å²) >= 11 is 5.05. The van der Waals surface area contributed by atoms with Gasteiger partial charge in [-0.1, -0.05) is 6.07 Å². The van der Waals surface area contributed by atoms with Crippen LogP contribution in [-0.2, 0) is 20.9 Å². The lowest BCUT2D eigenvalue weighted by Crippen LogP contribution is -2.33. The molecule has 0 aliphatic carbocycles. The zero-order chi connectivity index (χ0) is 20.4. The Balaban J connectivity index is 1.87. The minimum Gasteiger partial charge on any atom is -0.467 e. The van der Waals surface area contributed by atoms with Crippen LogP contribution >= 0.6 is 12.2 Å². The van der Waals surface area contributed by atoms with Crippen LogP contribution in [0, 0.1) is 0 Å². The minimum atomic E-state index is -0.621. The Morgan fingerprint density at radius 3 is 2.71 bits per heavy atom. The molecule has 0 radical (unpaired) electrons. The molecule has 1 aromatic carbocycles. The second-order valence-corrected chi connectivity index (χ2v) is 5.78. The average molecular weight is 401 g/mol. The minimum absolute atomic E-state index is 0.0200. The monoisotopic (exact) mass is 401 g/mol. The van der Waals surface area contributed by atoms with Crippen molar-refractivity contribution in [3.05, 3.63) is 66.1 Å². The van der Waals surface area contributed by atoms with Crippen LogP contribution in [0.1, 0.15) is 23.0 Å². The van der Waals surface area contributed by atoms with E-state index in [0.29, 0.717) is 17.0 Å². The van der Waals surface area contributed by atoms with Gasteiger partial charge in [0.1, 0.15) is 5.76 Å². The standard InChI is InChI=1S/C19H19N3O5S/c1-2-26-17(24)9-8-16(23)22-19(28)21-14-6-3-5-13(11-14)18(25)20-12-15-7-4-10-27-15/h3-11H,2,12H2,1H3,(H,20,25)(H2,21,22,23,28)/b9-8+. The Bertz CT molecular complexity index is 877. The number of esters is 1. The molecule has 9 heteroatoms. The number of anilines is 1. The van der Waals surface area contributed by atoms with E-state index in [9.17, 15) is 14.4 Å². The Morgan fingerprint density at radius 2 is 2.00 bits per heavy atom. The molecule has 0 bridgehead atoms. The molecule has 0 saturated carbocycles. The number of ether oxygens (including phenoxy) is 1. The third-order valence-corrected chi connectivity index (χ3v) is 3.48. The summed E-state index contributed by atoms with van der Waals surface area (Å²) in [7, 11) is 0. The topological polar surface area (TPSA) is 110 Å². The summed E-state index contributed by atoms with van der Waals surface area (Å²) in [6.45, 7) is 2.15. The van der Waals surface area contributed by atoms with Crippen LogP contribution in [0.5, 0.6) is 0 Å². The third-order valence-electron chi connectivity index (χ3n) is 3.28. The molecular formula is C19H19N3O5S. The van der Waals surface area contributed by atoms with Crippen molar-refractivity contribution in [2.24, 2.45) is 0 Å². The number of hydrogen-bond acceptors (Lipinski definition) is 6. The molecule has 2 amide bonds. The van der Waals surface area contributed by atoms with Crippen LogP contribution in [0.15, 0.2) is 59.2 Å². The van der Waals surface area contributed by atoms with Gasteiger partial charge in [-0.05, 0) is 49.5 Å². The van der Waals surface area contributed by atoms with E-state index in [4.69, 9.17) is 16.6 Å². The van der Waals surface area contributed by atoms with Crippen molar-refractivity contribution in [3.8, 4) is 0 Å². The van der Waals surface area contributed by atoms with Gasteiger partial charge in [-0.15, -0.1) is 0 Å². The van der Waals surface area contributed by atoms with E-state index in [2.05, 4.69) is 20.7 Å². The fourth-order valence-corrected chi connectivity index (χ4v) is 2.29. The van der Waals surface area contributed by atoms with Gasteiger partial charge in [-0.3, -0.25) is 14.9 Å². The van der Waals surface area contributed by atoms with E-state index < -0.39 is 11.9 Å². The molecule has 2 rings (SSSR count). The Labute approximate surface area is 166 Å². The second-order valence-electron chi connectivity index (χ2n) is 5.37. The fraction of sp³-hybridized carbons (Fsp3) is 0.158. The lowest BCUT2D eigenvalue weighted by Gasteiger charge is -2.10. The van der Waals surface area contributed by atoms with Crippen LogP contribution in [0.4, 0.5) is 5.69 Å². The van der Waals surface area contributed by atoms with E-state index in [0.717, 1.165) is 12.2 Å². The van der Waals surface area contributed by atoms with Crippen LogP contribution in [-0.4, -0.2) is 29.5 Å². The molecule has 0 aliphatic heterocycles. The van der Waals surface area contributed by atoms with Gasteiger partial charge in [-0.2, -0.15) is 0 Å². The van der Waals surface area contributed by atoms with Crippen molar-refractivity contribution in [1.29, 1.82) is 0 Å². The first-order chi connectivity index (χ1) is 13.5. The van der Waals surface area contributed by atoms with Crippen molar-refractivity contribution in [3.63, 3.8) is 0 Å². The van der Waals surface area contributed by atoms with Crippen molar-refractivity contribution in [2.45, 2.75) is 13.5 Å². The molecule has 1 aromatic heterocycles. The molecule has 1 heterocycles. The zero-order valence-corrected chi connectivity index (χ0v) is 15.9. The van der Waals surface area contributed by atoms with Gasteiger partial charge in [0, 0.05) is 23.4 Å². The molecule has 3 N–H and O–H groups in total. The summed E-state index contributed by atoms with van der Waals surface area (Å²) in [6.07, 6.45) is 3.55. The maximum absolute atomic E-state index is 12.2. The van der Waals surface area contributed by atoms with Crippen molar-refractivity contribution < 1.29 is 23.5 Å². The molecule has 28 heavy (non-hydrogen) atoms. The van der Waals surface area contributed by atoms with Gasteiger partial charge >= 0.3 is 5.97 Å². The Morgan fingerprint density at radius 1 is 1.18 bits per heavy atom. The number of thiocarbonyl (C=S) groups is 1. The third kappa shape index (κ3) is 7.04. The molecule has 8 nitrogen and oxygen atoms in total. The largest absolute Gasteiger partial charge is 0.467 e. The lowest BCUT2D eigenvalue weighted by molar-refractivity contribution is -0.137. The molecule has 0 fully saturated rings. The highest BCUT2D eigenvalue weighted by Crippen LogP contribution is 2.11. The quantitative estimate of drug-likeness (QED) is 0.370. The highest BCUT2D eigenvalue weighted by Gasteiger charge is 2.08. The molecule has 146 valence electrons. The van der Waals surface area contributed by atoms with E-state index in [1.807, 2.05) is 0 Å². The van der Waals surface area contributed by atoms with Gasteiger partial charge in [-0.25, -0.2) is 4.79 Å². The van der Waals surface area contributed by atoms with E-state index in [-0.39, 0.29) is 24.2 Å². The highest BCUT2D eigenvalue weighted by molar-refractivity contribution is 7.80. The maximum Gasteiger partial charge on any atom is 0.330 e. The SMILES string of the molecule is CCOC(=O)/C=C/C(=O)NC(=S)Nc1cccc(C(=O)NCc2ccco2)c1. The summed E-state index contributed by atoms with van der Waals surface area (Å²) in [6, 6.07) is 10.1. The maximum atomic E-state index is 12.2. The summed E-state index contributed by atoms with van der Waals surface area (Å²) < 4.78 is 9.84. The number of hydrogen-bond donors (Lipinski definition) is 3. The van der Waals surface area contributed by atoms with Crippen LogP contribution < -0.4 is 16.0 Å². The summed E-state index contributed by atoms with van der Waals surface area (Å²) in [5, 5.41) is 7.95. The Hall–Kier alpha value is -3.46. The van der Waals surface area contributed by atoms with Crippen molar-refractivity contribution in [1.82, 2.24) is 10.6 Å². The molecule has 0 atom stereocenters. The molecule has 2 aromatic rings. The fourth-order valence-electron chi connectivity index (χ4n) is 2.07. The van der Waals surface area contributed by atoms with Gasteiger partial charge in [0.15, 0.2) is 5.11 Å². The van der Waals surface area contributed by atoms with Crippen molar-refractivity contribution in [2.75, 3.05) is 11.9 Å². The summed E-state index contributed by atoms with van der Waals surface area (Å²) in [4.78, 5) is 35.1. The average Bonchev–Trinajstić information content (AvgIpc) is 3.18. The van der Waals surface area contributed by atoms with Crippen molar-refractivity contribution >= 4 is 40.8 Å². The molecule has 0 saturated heterocycles. The molecule has 0 aliphatic rings. The normalized spacial score (nSPS) is 10.3. The first-order valence-electron chi connectivity index (χ1n) is 8.35. The van der Waals surface area contributed by atoms with E-state index >= 15 is 0 Å². The predicted molar refractivity (Wildman–Crippen MR) is 106 cm³/mol. The predicted octanol–water partition coefficient (Wildman–Crippen LogP) is 2.14. The summed E-state index contributed by atoms with van der Waals surface area (Å²) in [5.41, 5.74) is 0.929. The smallest absolute Gasteiger partial charge is 0.330 e. The second kappa shape index (κ2) is 10.6. The van der Waals surface area contributed by atoms with Gasteiger partial charge in [0.2, 0.25) is 5.91 Å². The number of carbonyl (C=O) groups is 3. The molecule has 0 unspecified atom stereocenters. The number of rotatable bonds is 7.